The molecule has 1 aliphatic heterocycles. The Morgan fingerprint density at radius 1 is 1.73 bits per heavy atom. The molecule has 4 heteroatoms. The topological polar surface area (TPSA) is 55.4 Å². The monoisotopic (exact) mass is 157 g/mol. The third-order valence-corrected chi connectivity index (χ3v) is 1.93. The fraction of sp³-hybridized carbons (Fsp3) is 0.714. The van der Waals surface area contributed by atoms with Crippen molar-refractivity contribution in [1.82, 2.24) is 5.32 Å². The Labute approximate surface area is 64.9 Å². The predicted octanol–water partition coefficient (Wildman–Crippen LogP) is -0.316. The van der Waals surface area contributed by atoms with Crippen molar-refractivity contribution in [2.45, 2.75) is 19.4 Å². The number of hydrogen-bond donors (Lipinski definition) is 1. The zero-order chi connectivity index (χ0) is 8.43. The first-order chi connectivity index (χ1) is 5.20. The maximum Gasteiger partial charge on any atom is 0.329 e. The van der Waals surface area contributed by atoms with Gasteiger partial charge >= 0.3 is 5.97 Å². The van der Waals surface area contributed by atoms with Crippen LogP contribution in [0.25, 0.3) is 0 Å². The first-order valence-corrected chi connectivity index (χ1v) is 3.59. The zero-order valence-electron chi connectivity index (χ0n) is 6.59. The summed E-state index contributed by atoms with van der Waals surface area (Å²) in [6.45, 7) is 1.87. The van der Waals surface area contributed by atoms with Gasteiger partial charge in [0, 0.05) is 0 Å². The molecule has 1 saturated heterocycles. The second-order valence-corrected chi connectivity index (χ2v) is 2.52. The molecule has 0 aromatic heterocycles. The highest BCUT2D eigenvalue weighted by Gasteiger charge is 2.43. The van der Waals surface area contributed by atoms with Crippen molar-refractivity contribution in [1.29, 1.82) is 0 Å². The minimum absolute atomic E-state index is 0.0529. The zero-order valence-corrected chi connectivity index (χ0v) is 6.59. The second-order valence-electron chi connectivity index (χ2n) is 2.52. The van der Waals surface area contributed by atoms with E-state index in [2.05, 4.69) is 10.1 Å². The molecular weight excluding hydrogens is 146 g/mol. The molecule has 1 N–H and O–H groups in total. The molecule has 1 amide bonds. The van der Waals surface area contributed by atoms with Crippen LogP contribution in [0.2, 0.25) is 0 Å². The average molecular weight is 157 g/mol. The van der Waals surface area contributed by atoms with Gasteiger partial charge in [0.25, 0.3) is 0 Å². The summed E-state index contributed by atoms with van der Waals surface area (Å²) in [7, 11) is 1.32. The van der Waals surface area contributed by atoms with E-state index in [1.807, 2.05) is 6.92 Å². The Hall–Kier alpha value is -1.06. The fourth-order valence-corrected chi connectivity index (χ4v) is 1.19. The average Bonchev–Trinajstić information content (AvgIpc) is 1.99. The minimum Gasteiger partial charge on any atom is -0.467 e. The maximum atomic E-state index is 10.9. The minimum atomic E-state index is -0.405. The largest absolute Gasteiger partial charge is 0.467 e. The number of carbonyl (C=O) groups excluding carboxylic acids is 2. The number of amides is 1. The van der Waals surface area contributed by atoms with Crippen LogP contribution in [0.15, 0.2) is 0 Å². The summed E-state index contributed by atoms with van der Waals surface area (Å²) in [6, 6.07) is -0.405. The van der Waals surface area contributed by atoms with Gasteiger partial charge in [0.2, 0.25) is 5.91 Å². The van der Waals surface area contributed by atoms with Crippen molar-refractivity contribution < 1.29 is 14.3 Å². The number of hydrogen-bond acceptors (Lipinski definition) is 3. The Morgan fingerprint density at radius 3 is 2.73 bits per heavy atom. The number of β-lactam (4-membered cyclic amide) rings is 1. The lowest BCUT2D eigenvalue weighted by molar-refractivity contribution is -0.155. The molecule has 0 unspecified atom stereocenters. The molecule has 0 aromatic rings. The summed E-state index contributed by atoms with van der Waals surface area (Å²) in [6.07, 6.45) is 0.686. The van der Waals surface area contributed by atoms with E-state index >= 15 is 0 Å². The molecule has 0 aliphatic carbocycles. The van der Waals surface area contributed by atoms with Gasteiger partial charge < -0.3 is 10.1 Å². The van der Waals surface area contributed by atoms with E-state index in [1.54, 1.807) is 0 Å². The Bertz CT molecular complexity index is 190. The molecule has 0 bridgehead atoms. The molecule has 2 atom stereocenters. The van der Waals surface area contributed by atoms with Gasteiger partial charge in [-0.1, -0.05) is 6.92 Å². The van der Waals surface area contributed by atoms with Gasteiger partial charge in [0.05, 0.1) is 13.0 Å². The highest BCUT2D eigenvalue weighted by Crippen LogP contribution is 2.19. The van der Waals surface area contributed by atoms with Crippen LogP contribution in [-0.4, -0.2) is 25.0 Å². The highest BCUT2D eigenvalue weighted by atomic mass is 16.5. The molecule has 0 radical (unpaired) electrons. The summed E-state index contributed by atoms with van der Waals surface area (Å²) >= 11 is 0. The molecule has 0 saturated carbocycles. The SMILES string of the molecule is CC[C@@H]1C(=O)N[C@@H]1C(=O)OC. The lowest BCUT2D eigenvalue weighted by atomic mass is 9.88. The molecule has 11 heavy (non-hydrogen) atoms. The summed E-state index contributed by atoms with van der Waals surface area (Å²) in [4.78, 5) is 21.6. The van der Waals surface area contributed by atoms with E-state index in [4.69, 9.17) is 0 Å². The summed E-state index contributed by atoms with van der Waals surface area (Å²) in [5.41, 5.74) is 0. The van der Waals surface area contributed by atoms with Crippen LogP contribution in [0, 0.1) is 5.92 Å². The third kappa shape index (κ3) is 1.20. The molecule has 62 valence electrons. The Morgan fingerprint density at radius 2 is 2.36 bits per heavy atom. The van der Waals surface area contributed by atoms with E-state index in [1.165, 1.54) is 7.11 Å². The molecule has 1 heterocycles. The van der Waals surface area contributed by atoms with Crippen molar-refractivity contribution >= 4 is 11.9 Å². The number of ether oxygens (including phenoxy) is 1. The van der Waals surface area contributed by atoms with Crippen LogP contribution in [0.4, 0.5) is 0 Å². The van der Waals surface area contributed by atoms with Crippen LogP contribution < -0.4 is 5.32 Å². The van der Waals surface area contributed by atoms with Crippen molar-refractivity contribution in [2.75, 3.05) is 7.11 Å². The van der Waals surface area contributed by atoms with Gasteiger partial charge in [-0.05, 0) is 6.42 Å². The van der Waals surface area contributed by atoms with Crippen molar-refractivity contribution in [3.05, 3.63) is 0 Å². The number of methoxy groups -OCH3 is 1. The van der Waals surface area contributed by atoms with E-state index in [-0.39, 0.29) is 17.8 Å². The second kappa shape index (κ2) is 2.90. The smallest absolute Gasteiger partial charge is 0.329 e. The van der Waals surface area contributed by atoms with Gasteiger partial charge in [-0.15, -0.1) is 0 Å². The van der Waals surface area contributed by atoms with Gasteiger partial charge in [0.1, 0.15) is 6.04 Å². The fourth-order valence-electron chi connectivity index (χ4n) is 1.19. The molecule has 1 rings (SSSR count). The van der Waals surface area contributed by atoms with Crippen LogP contribution in [-0.2, 0) is 14.3 Å². The predicted molar refractivity (Wildman–Crippen MR) is 37.7 cm³/mol. The van der Waals surface area contributed by atoms with Gasteiger partial charge in [0.15, 0.2) is 0 Å². The number of nitrogens with one attached hydrogen (secondary N) is 1. The van der Waals surface area contributed by atoms with Crippen molar-refractivity contribution in [3.8, 4) is 0 Å². The van der Waals surface area contributed by atoms with Crippen LogP contribution >= 0.6 is 0 Å². The van der Waals surface area contributed by atoms with Crippen LogP contribution in [0.3, 0.4) is 0 Å². The third-order valence-electron chi connectivity index (χ3n) is 1.93. The van der Waals surface area contributed by atoms with Gasteiger partial charge in [-0.2, -0.15) is 0 Å². The molecule has 0 spiro atoms. The van der Waals surface area contributed by atoms with E-state index in [9.17, 15) is 9.59 Å². The Balaban J connectivity index is 2.51. The highest BCUT2D eigenvalue weighted by molar-refractivity contribution is 5.96. The van der Waals surface area contributed by atoms with Crippen LogP contribution in [0.1, 0.15) is 13.3 Å². The van der Waals surface area contributed by atoms with Crippen LogP contribution in [0.5, 0.6) is 0 Å². The first-order valence-electron chi connectivity index (χ1n) is 3.59. The maximum absolute atomic E-state index is 10.9. The van der Waals surface area contributed by atoms with Gasteiger partial charge in [-0.3, -0.25) is 4.79 Å². The molecule has 1 aliphatic rings. The van der Waals surface area contributed by atoms with E-state index < -0.39 is 6.04 Å². The number of esters is 1. The van der Waals surface area contributed by atoms with Gasteiger partial charge in [-0.25, -0.2) is 4.79 Å². The Kier molecular flexibility index (Phi) is 2.12. The quantitative estimate of drug-likeness (QED) is 0.441. The standard InChI is InChI=1S/C7H11NO3/c1-3-4-5(7(10)11-2)8-6(4)9/h4-5H,3H2,1-2H3,(H,8,9)/t4-,5-/m0/s1. The molecule has 0 aromatic carbocycles. The number of rotatable bonds is 2. The van der Waals surface area contributed by atoms with Crippen molar-refractivity contribution in [3.63, 3.8) is 0 Å². The number of carbonyl (C=O) groups is 2. The molecular formula is C7H11NO3. The summed E-state index contributed by atoms with van der Waals surface area (Å²) in [5.74, 6) is -0.582. The van der Waals surface area contributed by atoms with Crippen molar-refractivity contribution in [2.24, 2.45) is 5.92 Å². The normalized spacial score (nSPS) is 28.7. The van der Waals surface area contributed by atoms with E-state index in [0.29, 0.717) is 6.42 Å². The lowest BCUT2D eigenvalue weighted by Crippen LogP contribution is -2.61. The summed E-state index contributed by atoms with van der Waals surface area (Å²) in [5, 5.41) is 2.48. The molecule has 4 nitrogen and oxygen atoms in total. The summed E-state index contributed by atoms with van der Waals surface area (Å²) < 4.78 is 4.48. The first kappa shape index (κ1) is 8.04. The molecule has 1 fully saturated rings. The van der Waals surface area contributed by atoms with E-state index in [0.717, 1.165) is 0 Å². The lowest BCUT2D eigenvalue weighted by Gasteiger charge is -2.33.